The van der Waals surface area contributed by atoms with Crippen LogP contribution in [0.4, 0.5) is 0 Å². The van der Waals surface area contributed by atoms with Crippen LogP contribution in [0.15, 0.2) is 18.3 Å². The highest BCUT2D eigenvalue weighted by Crippen LogP contribution is 2.24. The zero-order valence-electron chi connectivity index (χ0n) is 11.7. The second kappa shape index (κ2) is 6.75. The van der Waals surface area contributed by atoms with Gasteiger partial charge in [-0.3, -0.25) is 4.79 Å². The summed E-state index contributed by atoms with van der Waals surface area (Å²) in [5.41, 5.74) is 0.738. The summed E-state index contributed by atoms with van der Waals surface area (Å²) in [6, 6.07) is 4.09. The van der Waals surface area contributed by atoms with Crippen LogP contribution in [0.3, 0.4) is 0 Å². The molecule has 19 heavy (non-hydrogen) atoms. The van der Waals surface area contributed by atoms with Crippen molar-refractivity contribution in [3.05, 3.63) is 24.0 Å². The number of carbonyl (C=O) groups excluding carboxylic acids is 1. The highest BCUT2D eigenvalue weighted by Gasteiger charge is 2.27. The number of aliphatic hydroxyl groups is 1. The lowest BCUT2D eigenvalue weighted by atomic mass is 9.94. The lowest BCUT2D eigenvalue weighted by Crippen LogP contribution is -2.43. The van der Waals surface area contributed by atoms with Gasteiger partial charge in [-0.25, -0.2) is 0 Å². The summed E-state index contributed by atoms with van der Waals surface area (Å²) in [4.78, 5) is 14.5. The van der Waals surface area contributed by atoms with Gasteiger partial charge in [-0.1, -0.05) is 19.3 Å². The van der Waals surface area contributed by atoms with Crippen LogP contribution >= 0.6 is 0 Å². The van der Waals surface area contributed by atoms with Gasteiger partial charge < -0.3 is 14.6 Å². The molecule has 1 saturated carbocycles. The fraction of sp³-hybridized carbons (Fsp3) is 0.667. The third-order valence-electron chi connectivity index (χ3n) is 4.01. The summed E-state index contributed by atoms with van der Waals surface area (Å²) < 4.78 is 1.97. The number of hydrogen-bond donors (Lipinski definition) is 1. The van der Waals surface area contributed by atoms with Crippen molar-refractivity contribution in [2.45, 2.75) is 51.6 Å². The molecular formula is C15H24N2O2. The molecule has 1 aromatic rings. The third kappa shape index (κ3) is 3.18. The number of aliphatic hydroxyl groups excluding tert-OH is 1. The van der Waals surface area contributed by atoms with Crippen molar-refractivity contribution in [1.29, 1.82) is 0 Å². The van der Waals surface area contributed by atoms with E-state index in [1.165, 1.54) is 19.3 Å². The quantitative estimate of drug-likeness (QED) is 0.886. The molecule has 0 aromatic carbocycles. The lowest BCUT2D eigenvalue weighted by molar-refractivity contribution is 0.0574. The Labute approximate surface area is 115 Å². The van der Waals surface area contributed by atoms with Crippen molar-refractivity contribution in [3.63, 3.8) is 0 Å². The molecule has 1 aliphatic carbocycles. The maximum atomic E-state index is 12.7. The van der Waals surface area contributed by atoms with E-state index < -0.39 is 0 Å². The molecule has 0 atom stereocenters. The molecule has 2 rings (SSSR count). The number of aromatic nitrogens is 1. The van der Waals surface area contributed by atoms with E-state index in [1.807, 2.05) is 34.7 Å². The predicted octanol–water partition coefficient (Wildman–Crippen LogP) is 2.28. The second-order valence-corrected chi connectivity index (χ2v) is 5.19. The standard InChI is InChI=1S/C15H24N2O2/c1-2-16-10-6-9-14(16)15(19)17(11-12-18)13-7-4-3-5-8-13/h6,9-10,13,18H,2-5,7-8,11-12H2,1H3. The minimum absolute atomic E-state index is 0.0368. The Kier molecular flexibility index (Phi) is 5.02. The van der Waals surface area contributed by atoms with Gasteiger partial charge >= 0.3 is 0 Å². The van der Waals surface area contributed by atoms with Crippen molar-refractivity contribution < 1.29 is 9.90 Å². The SMILES string of the molecule is CCn1cccc1C(=O)N(CCO)C1CCCCC1. The van der Waals surface area contributed by atoms with E-state index in [9.17, 15) is 9.90 Å². The summed E-state index contributed by atoms with van der Waals surface area (Å²) >= 11 is 0. The number of nitrogens with zero attached hydrogens (tertiary/aromatic N) is 2. The van der Waals surface area contributed by atoms with Crippen molar-refractivity contribution in [3.8, 4) is 0 Å². The van der Waals surface area contributed by atoms with E-state index in [-0.39, 0.29) is 12.5 Å². The summed E-state index contributed by atoms with van der Waals surface area (Å²) in [5, 5.41) is 9.24. The molecule has 1 aliphatic rings. The first-order valence-corrected chi connectivity index (χ1v) is 7.35. The van der Waals surface area contributed by atoms with Gasteiger partial charge in [0.25, 0.3) is 5.91 Å². The van der Waals surface area contributed by atoms with Gasteiger partial charge in [0.1, 0.15) is 5.69 Å². The van der Waals surface area contributed by atoms with Crippen molar-refractivity contribution >= 4 is 5.91 Å². The first-order valence-electron chi connectivity index (χ1n) is 7.35. The van der Waals surface area contributed by atoms with Crippen LogP contribution in [-0.4, -0.2) is 39.7 Å². The first-order chi connectivity index (χ1) is 9.27. The Morgan fingerprint density at radius 1 is 1.42 bits per heavy atom. The zero-order chi connectivity index (χ0) is 13.7. The van der Waals surface area contributed by atoms with E-state index in [0.29, 0.717) is 12.6 Å². The molecule has 4 heteroatoms. The molecule has 0 unspecified atom stereocenters. The smallest absolute Gasteiger partial charge is 0.270 e. The van der Waals surface area contributed by atoms with Crippen LogP contribution in [0, 0.1) is 0 Å². The first kappa shape index (κ1) is 14.1. The predicted molar refractivity (Wildman–Crippen MR) is 75.1 cm³/mol. The lowest BCUT2D eigenvalue weighted by Gasteiger charge is -2.34. The zero-order valence-corrected chi connectivity index (χ0v) is 11.7. The molecule has 0 saturated heterocycles. The highest BCUT2D eigenvalue weighted by atomic mass is 16.3. The Balaban J connectivity index is 2.15. The van der Waals surface area contributed by atoms with Gasteiger partial charge in [0.2, 0.25) is 0 Å². The Morgan fingerprint density at radius 3 is 2.79 bits per heavy atom. The largest absolute Gasteiger partial charge is 0.395 e. The Morgan fingerprint density at radius 2 is 2.16 bits per heavy atom. The number of amides is 1. The van der Waals surface area contributed by atoms with Gasteiger partial charge in [-0.2, -0.15) is 0 Å². The summed E-state index contributed by atoms with van der Waals surface area (Å²) in [6.07, 6.45) is 7.72. The topological polar surface area (TPSA) is 45.5 Å². The third-order valence-corrected chi connectivity index (χ3v) is 4.01. The molecule has 1 N–H and O–H groups in total. The molecule has 0 radical (unpaired) electrons. The van der Waals surface area contributed by atoms with Crippen molar-refractivity contribution in [2.24, 2.45) is 0 Å². The minimum Gasteiger partial charge on any atom is -0.395 e. The molecule has 1 fully saturated rings. The minimum atomic E-state index is 0.0368. The molecule has 4 nitrogen and oxygen atoms in total. The highest BCUT2D eigenvalue weighted by molar-refractivity contribution is 5.93. The number of rotatable bonds is 5. The number of hydrogen-bond acceptors (Lipinski definition) is 2. The van der Waals surface area contributed by atoms with E-state index in [1.54, 1.807) is 0 Å². The molecule has 0 bridgehead atoms. The average molecular weight is 264 g/mol. The summed E-state index contributed by atoms with van der Waals surface area (Å²) in [7, 11) is 0. The fourth-order valence-electron chi connectivity index (χ4n) is 2.98. The second-order valence-electron chi connectivity index (χ2n) is 5.19. The molecule has 0 spiro atoms. The van der Waals surface area contributed by atoms with Gasteiger partial charge in [0.05, 0.1) is 6.61 Å². The van der Waals surface area contributed by atoms with E-state index in [2.05, 4.69) is 0 Å². The van der Waals surface area contributed by atoms with Crippen LogP contribution in [0.1, 0.15) is 49.5 Å². The maximum absolute atomic E-state index is 12.7. The Bertz CT molecular complexity index is 408. The molecule has 0 aliphatic heterocycles. The van der Waals surface area contributed by atoms with E-state index in [0.717, 1.165) is 25.1 Å². The monoisotopic (exact) mass is 264 g/mol. The molecular weight excluding hydrogens is 240 g/mol. The summed E-state index contributed by atoms with van der Waals surface area (Å²) in [6.45, 7) is 3.31. The van der Waals surface area contributed by atoms with Crippen LogP contribution in [-0.2, 0) is 6.54 Å². The van der Waals surface area contributed by atoms with Gasteiger partial charge in [0, 0.05) is 25.3 Å². The van der Waals surface area contributed by atoms with E-state index >= 15 is 0 Å². The van der Waals surface area contributed by atoms with Crippen LogP contribution in [0.2, 0.25) is 0 Å². The average Bonchev–Trinajstić information content (AvgIpc) is 2.93. The molecule has 1 aromatic heterocycles. The number of carbonyl (C=O) groups is 1. The molecule has 106 valence electrons. The van der Waals surface area contributed by atoms with E-state index in [4.69, 9.17) is 0 Å². The van der Waals surface area contributed by atoms with Gasteiger partial charge in [-0.05, 0) is 31.9 Å². The van der Waals surface area contributed by atoms with Crippen LogP contribution in [0.5, 0.6) is 0 Å². The molecule has 1 amide bonds. The maximum Gasteiger partial charge on any atom is 0.270 e. The van der Waals surface area contributed by atoms with Gasteiger partial charge in [-0.15, -0.1) is 0 Å². The van der Waals surface area contributed by atoms with Gasteiger partial charge in [0.15, 0.2) is 0 Å². The normalized spacial score (nSPS) is 16.5. The number of aryl methyl sites for hydroxylation is 1. The van der Waals surface area contributed by atoms with Crippen LogP contribution in [0.25, 0.3) is 0 Å². The fourth-order valence-corrected chi connectivity index (χ4v) is 2.98. The Hall–Kier alpha value is -1.29. The summed E-state index contributed by atoms with van der Waals surface area (Å²) in [5.74, 6) is 0.0628. The van der Waals surface area contributed by atoms with Crippen molar-refractivity contribution in [1.82, 2.24) is 9.47 Å². The van der Waals surface area contributed by atoms with Crippen molar-refractivity contribution in [2.75, 3.05) is 13.2 Å². The molecule has 1 heterocycles. The van der Waals surface area contributed by atoms with Crippen LogP contribution < -0.4 is 0 Å².